The van der Waals surface area contributed by atoms with Crippen molar-refractivity contribution in [2.24, 2.45) is 0 Å². The fraction of sp³-hybridized carbons (Fsp3) is 0.643. The fourth-order valence-electron chi connectivity index (χ4n) is 2.85. The van der Waals surface area contributed by atoms with E-state index >= 15 is 0 Å². The summed E-state index contributed by atoms with van der Waals surface area (Å²) < 4.78 is 5.55. The van der Waals surface area contributed by atoms with Gasteiger partial charge in [0.15, 0.2) is 0 Å². The van der Waals surface area contributed by atoms with Crippen molar-refractivity contribution >= 4 is 0 Å². The molecular formula is C14H21N3O. The number of nitrogens with zero attached hydrogens (tertiary/aromatic N) is 2. The van der Waals surface area contributed by atoms with Gasteiger partial charge in [-0.3, -0.25) is 4.90 Å². The molecule has 2 atom stereocenters. The molecule has 1 N–H and O–H groups in total. The number of aromatic nitrogens is 1. The summed E-state index contributed by atoms with van der Waals surface area (Å²) in [5.74, 6) is 0.722. The van der Waals surface area contributed by atoms with Crippen LogP contribution in [0.25, 0.3) is 0 Å². The number of piperazine rings is 1. The Morgan fingerprint density at radius 2 is 2.17 bits per heavy atom. The van der Waals surface area contributed by atoms with Crippen molar-refractivity contribution in [3.63, 3.8) is 0 Å². The van der Waals surface area contributed by atoms with Gasteiger partial charge in [-0.15, -0.1) is 0 Å². The van der Waals surface area contributed by atoms with E-state index in [9.17, 15) is 0 Å². The highest BCUT2D eigenvalue weighted by Gasteiger charge is 2.40. The highest BCUT2D eigenvalue weighted by atomic mass is 16.5. The van der Waals surface area contributed by atoms with Gasteiger partial charge < -0.3 is 10.1 Å². The van der Waals surface area contributed by atoms with Crippen LogP contribution in [0.2, 0.25) is 0 Å². The summed E-state index contributed by atoms with van der Waals surface area (Å²) in [7, 11) is 0. The van der Waals surface area contributed by atoms with Crippen LogP contribution in [-0.4, -0.2) is 41.2 Å². The molecule has 3 rings (SSSR count). The van der Waals surface area contributed by atoms with Crippen LogP contribution in [0.15, 0.2) is 18.3 Å². The number of pyridine rings is 1. The maximum Gasteiger partial charge on any atom is 0.213 e. The molecule has 1 aromatic heterocycles. The van der Waals surface area contributed by atoms with Crippen molar-refractivity contribution in [2.45, 2.75) is 45.0 Å². The number of ether oxygens (including phenoxy) is 1. The van der Waals surface area contributed by atoms with Gasteiger partial charge in [-0.25, -0.2) is 4.98 Å². The summed E-state index contributed by atoms with van der Waals surface area (Å²) in [6, 6.07) is 5.57. The number of piperidine rings is 1. The van der Waals surface area contributed by atoms with Crippen molar-refractivity contribution in [3.8, 4) is 5.88 Å². The number of hydrogen-bond acceptors (Lipinski definition) is 4. The molecule has 1 aromatic rings. The largest absolute Gasteiger partial charge is 0.475 e. The summed E-state index contributed by atoms with van der Waals surface area (Å²) in [4.78, 5) is 6.94. The molecule has 2 aliphatic rings. The van der Waals surface area contributed by atoms with Crippen LogP contribution < -0.4 is 10.1 Å². The summed E-state index contributed by atoms with van der Waals surface area (Å²) in [5.41, 5.74) is 1.28. The number of nitrogens with one attached hydrogen (secondary N) is 1. The molecule has 0 spiro atoms. The zero-order valence-electron chi connectivity index (χ0n) is 11.1. The van der Waals surface area contributed by atoms with Crippen LogP contribution >= 0.6 is 0 Å². The van der Waals surface area contributed by atoms with Crippen molar-refractivity contribution < 1.29 is 4.74 Å². The normalized spacial score (nSPS) is 27.1. The van der Waals surface area contributed by atoms with Gasteiger partial charge in [0, 0.05) is 44.0 Å². The molecule has 18 heavy (non-hydrogen) atoms. The second kappa shape index (κ2) is 4.86. The lowest BCUT2D eigenvalue weighted by Crippen LogP contribution is -2.67. The molecule has 4 heteroatoms. The van der Waals surface area contributed by atoms with Crippen LogP contribution in [0.4, 0.5) is 0 Å². The molecule has 0 amide bonds. The van der Waals surface area contributed by atoms with Gasteiger partial charge in [-0.2, -0.15) is 0 Å². The Kier molecular flexibility index (Phi) is 3.22. The molecule has 98 valence electrons. The first-order valence-electron chi connectivity index (χ1n) is 6.80. The van der Waals surface area contributed by atoms with Gasteiger partial charge in [-0.05, 0) is 25.8 Å². The maximum absolute atomic E-state index is 5.55. The van der Waals surface area contributed by atoms with Gasteiger partial charge in [0.1, 0.15) is 0 Å². The molecule has 0 aromatic carbocycles. The molecule has 2 fully saturated rings. The van der Waals surface area contributed by atoms with Crippen molar-refractivity contribution in [2.75, 3.05) is 13.1 Å². The summed E-state index contributed by atoms with van der Waals surface area (Å²) in [6.07, 6.45) is 3.48. The Labute approximate surface area is 108 Å². The predicted octanol–water partition coefficient (Wildman–Crippen LogP) is 1.41. The van der Waals surface area contributed by atoms with Crippen molar-refractivity contribution in [3.05, 3.63) is 23.9 Å². The molecule has 0 saturated carbocycles. The van der Waals surface area contributed by atoms with Crippen LogP contribution in [0.5, 0.6) is 5.88 Å². The lowest BCUT2D eigenvalue weighted by Gasteiger charge is -2.53. The van der Waals surface area contributed by atoms with E-state index in [1.165, 1.54) is 12.0 Å². The Balaban J connectivity index is 1.60. The van der Waals surface area contributed by atoms with E-state index < -0.39 is 0 Å². The van der Waals surface area contributed by atoms with E-state index in [1.54, 1.807) is 0 Å². The molecule has 3 heterocycles. The quantitative estimate of drug-likeness (QED) is 0.873. The average Bonchev–Trinajstić information content (AvgIpc) is 2.38. The summed E-state index contributed by atoms with van der Waals surface area (Å²) in [5, 5.41) is 3.45. The Hall–Kier alpha value is -1.13. The van der Waals surface area contributed by atoms with E-state index in [0.29, 0.717) is 0 Å². The smallest absolute Gasteiger partial charge is 0.213 e. The average molecular weight is 247 g/mol. The van der Waals surface area contributed by atoms with Crippen molar-refractivity contribution in [1.29, 1.82) is 0 Å². The van der Waals surface area contributed by atoms with Crippen molar-refractivity contribution in [1.82, 2.24) is 15.2 Å². The maximum atomic E-state index is 5.55. The molecule has 0 radical (unpaired) electrons. The van der Waals surface area contributed by atoms with Crippen LogP contribution in [0.3, 0.4) is 0 Å². The van der Waals surface area contributed by atoms with E-state index in [0.717, 1.165) is 37.6 Å². The van der Waals surface area contributed by atoms with E-state index in [4.69, 9.17) is 4.74 Å². The highest BCUT2D eigenvalue weighted by Crippen LogP contribution is 2.30. The van der Waals surface area contributed by atoms with Crippen LogP contribution in [0.1, 0.15) is 25.8 Å². The summed E-state index contributed by atoms with van der Waals surface area (Å²) in [6.45, 7) is 7.33. The van der Waals surface area contributed by atoms with Gasteiger partial charge in [-0.1, -0.05) is 6.07 Å². The van der Waals surface area contributed by atoms with Gasteiger partial charge in [0.2, 0.25) is 5.88 Å². The third-order valence-electron chi connectivity index (χ3n) is 3.76. The zero-order chi connectivity index (χ0) is 12.5. The highest BCUT2D eigenvalue weighted by molar-refractivity contribution is 5.19. The number of rotatable bonds is 4. The first kappa shape index (κ1) is 11.9. The molecular weight excluding hydrogens is 226 g/mol. The summed E-state index contributed by atoms with van der Waals surface area (Å²) >= 11 is 0. The lowest BCUT2D eigenvalue weighted by molar-refractivity contribution is -0.0207. The second-order valence-corrected chi connectivity index (χ2v) is 5.55. The SMILES string of the molecule is CC(C)Oc1ccc(CN2C3CNCC2C3)cn1. The first-order chi connectivity index (χ1) is 8.72. The second-order valence-electron chi connectivity index (χ2n) is 5.55. The first-order valence-corrected chi connectivity index (χ1v) is 6.80. The minimum atomic E-state index is 0.184. The molecule has 0 aliphatic carbocycles. The molecule has 2 unspecified atom stereocenters. The molecule has 2 bridgehead atoms. The standard InChI is InChI=1S/C14H21N3O/c1-10(2)18-14-4-3-11(6-16-14)9-17-12-5-13(17)8-15-7-12/h3-4,6,10,12-13,15H,5,7-9H2,1-2H3. The van der Waals surface area contributed by atoms with Crippen LogP contribution in [-0.2, 0) is 6.54 Å². The zero-order valence-corrected chi connectivity index (χ0v) is 11.1. The predicted molar refractivity (Wildman–Crippen MR) is 70.6 cm³/mol. The van der Waals surface area contributed by atoms with E-state index in [2.05, 4.69) is 21.3 Å². The van der Waals surface area contributed by atoms with Gasteiger partial charge in [0.05, 0.1) is 6.10 Å². The van der Waals surface area contributed by atoms with E-state index in [1.807, 2.05) is 26.1 Å². The Morgan fingerprint density at radius 1 is 1.39 bits per heavy atom. The third kappa shape index (κ3) is 2.35. The Morgan fingerprint density at radius 3 is 2.72 bits per heavy atom. The molecule has 2 aliphatic heterocycles. The van der Waals surface area contributed by atoms with Crippen LogP contribution in [0, 0.1) is 0 Å². The third-order valence-corrected chi connectivity index (χ3v) is 3.76. The Bertz CT molecular complexity index is 390. The number of fused-ring (bicyclic) bond motifs is 2. The molecule has 2 saturated heterocycles. The minimum absolute atomic E-state index is 0.184. The number of hydrogen-bond donors (Lipinski definition) is 1. The topological polar surface area (TPSA) is 37.4 Å². The minimum Gasteiger partial charge on any atom is -0.475 e. The van der Waals surface area contributed by atoms with E-state index in [-0.39, 0.29) is 6.10 Å². The monoisotopic (exact) mass is 247 g/mol. The van der Waals surface area contributed by atoms with Gasteiger partial charge in [0.25, 0.3) is 0 Å². The molecule has 4 nitrogen and oxygen atoms in total. The lowest BCUT2D eigenvalue weighted by atomic mass is 9.88. The van der Waals surface area contributed by atoms with Gasteiger partial charge >= 0.3 is 0 Å². The fourth-order valence-corrected chi connectivity index (χ4v) is 2.85.